The maximum absolute atomic E-state index is 12.6. The second-order valence-corrected chi connectivity index (χ2v) is 6.28. The normalized spacial score (nSPS) is 16.5. The van der Waals surface area contributed by atoms with E-state index in [1.807, 2.05) is 4.90 Å². The van der Waals surface area contributed by atoms with Crippen molar-refractivity contribution in [1.82, 2.24) is 10.2 Å². The Labute approximate surface area is 164 Å². The highest BCUT2D eigenvalue weighted by Gasteiger charge is 2.32. The van der Waals surface area contributed by atoms with Crippen molar-refractivity contribution < 1.29 is 18.1 Å². The second-order valence-electron chi connectivity index (χ2n) is 5.42. The molecule has 0 radical (unpaired) electrons. The number of rotatable bonds is 5. The zero-order chi connectivity index (χ0) is 17.0. The van der Waals surface area contributed by atoms with Crippen molar-refractivity contribution in [3.05, 3.63) is 38.3 Å². The molecule has 5 nitrogen and oxygen atoms in total. The van der Waals surface area contributed by atoms with Gasteiger partial charge in [0, 0.05) is 44.7 Å². The van der Waals surface area contributed by atoms with E-state index < -0.39 is 23.6 Å². The molecule has 1 N–H and O–H groups in total. The molecule has 25 heavy (non-hydrogen) atoms. The number of nitro groups is 1. The molecule has 1 aromatic rings. The van der Waals surface area contributed by atoms with Crippen LogP contribution in [0.3, 0.4) is 0 Å². The lowest BCUT2D eigenvalue weighted by molar-refractivity contribution is -0.385. The molecule has 0 unspecified atom stereocenters. The van der Waals surface area contributed by atoms with Crippen molar-refractivity contribution in [3.8, 4) is 0 Å². The van der Waals surface area contributed by atoms with Crippen LogP contribution in [0.25, 0.3) is 0 Å². The average molecular weight is 469 g/mol. The third kappa shape index (κ3) is 7.26. The monoisotopic (exact) mass is 467 g/mol. The minimum absolute atomic E-state index is 0. The molecular formula is C14H19BrCl2F3N3O2. The van der Waals surface area contributed by atoms with Crippen LogP contribution in [0, 0.1) is 10.1 Å². The van der Waals surface area contributed by atoms with Gasteiger partial charge in [-0.15, -0.1) is 24.8 Å². The number of nitrogens with one attached hydrogen (secondary N) is 1. The third-order valence-corrected chi connectivity index (χ3v) is 4.52. The average Bonchev–Trinajstić information content (AvgIpc) is 2.48. The molecule has 1 heterocycles. The number of hydrogen-bond acceptors (Lipinski definition) is 4. The van der Waals surface area contributed by atoms with Gasteiger partial charge >= 0.3 is 6.18 Å². The van der Waals surface area contributed by atoms with Crippen LogP contribution in [-0.2, 0) is 0 Å². The number of benzene rings is 1. The van der Waals surface area contributed by atoms with E-state index in [4.69, 9.17) is 0 Å². The largest absolute Gasteiger partial charge is 0.389 e. The summed E-state index contributed by atoms with van der Waals surface area (Å²) >= 11 is 3.10. The van der Waals surface area contributed by atoms with Gasteiger partial charge in [-0.05, 0) is 34.0 Å². The Morgan fingerprint density at radius 1 is 1.28 bits per heavy atom. The van der Waals surface area contributed by atoms with Gasteiger partial charge < -0.3 is 5.32 Å². The van der Waals surface area contributed by atoms with Gasteiger partial charge in [0.15, 0.2) is 0 Å². The molecule has 0 saturated carbocycles. The molecule has 144 valence electrons. The predicted molar refractivity (Wildman–Crippen MR) is 97.8 cm³/mol. The SMILES string of the molecule is Cl.Cl.O=[N+]([O-])c1cc([C@@H](CCC(F)(F)F)N2CCNCC2)ccc1Br. The molecule has 0 spiro atoms. The van der Waals surface area contributed by atoms with Crippen molar-refractivity contribution in [2.75, 3.05) is 26.2 Å². The molecule has 0 amide bonds. The zero-order valence-corrected chi connectivity index (χ0v) is 16.3. The molecule has 1 saturated heterocycles. The molecule has 11 heteroatoms. The summed E-state index contributed by atoms with van der Waals surface area (Å²) in [5, 5.41) is 14.2. The van der Waals surface area contributed by atoms with E-state index in [2.05, 4.69) is 21.2 Å². The van der Waals surface area contributed by atoms with Crippen molar-refractivity contribution in [2.45, 2.75) is 25.1 Å². The van der Waals surface area contributed by atoms with E-state index in [9.17, 15) is 23.3 Å². The fourth-order valence-electron chi connectivity index (χ4n) is 2.73. The summed E-state index contributed by atoms with van der Waals surface area (Å²) in [6.07, 6.45) is -5.26. The van der Waals surface area contributed by atoms with Gasteiger partial charge in [-0.2, -0.15) is 13.2 Å². The highest BCUT2D eigenvalue weighted by atomic mass is 79.9. The Kier molecular flexibility index (Phi) is 10.3. The van der Waals surface area contributed by atoms with E-state index in [1.54, 1.807) is 6.07 Å². The molecule has 0 aromatic heterocycles. The minimum Gasteiger partial charge on any atom is -0.314 e. The Hall–Kier alpha value is -0.610. The number of hydrogen-bond donors (Lipinski definition) is 1. The van der Waals surface area contributed by atoms with Gasteiger partial charge in [-0.1, -0.05) is 6.07 Å². The van der Waals surface area contributed by atoms with Crippen LogP contribution in [0.1, 0.15) is 24.4 Å². The number of piperazine rings is 1. The smallest absolute Gasteiger partial charge is 0.314 e. The van der Waals surface area contributed by atoms with Crippen LogP contribution in [0.15, 0.2) is 22.7 Å². The Bertz CT molecular complexity index is 573. The predicted octanol–water partition coefficient (Wildman–Crippen LogP) is 4.49. The van der Waals surface area contributed by atoms with Crippen LogP contribution in [-0.4, -0.2) is 42.2 Å². The lowest BCUT2D eigenvalue weighted by atomic mass is 9.98. The molecule has 1 atom stereocenters. The number of halogens is 6. The first kappa shape index (κ1) is 24.4. The third-order valence-electron chi connectivity index (χ3n) is 3.85. The quantitative estimate of drug-likeness (QED) is 0.511. The summed E-state index contributed by atoms with van der Waals surface area (Å²) in [7, 11) is 0. The van der Waals surface area contributed by atoms with Crippen LogP contribution in [0.4, 0.5) is 18.9 Å². The van der Waals surface area contributed by atoms with Gasteiger partial charge in [0.1, 0.15) is 0 Å². The molecule has 2 rings (SSSR count). The summed E-state index contributed by atoms with van der Waals surface area (Å²) in [6, 6.07) is 4.06. The van der Waals surface area contributed by atoms with E-state index in [0.717, 1.165) is 0 Å². The molecule has 1 aliphatic heterocycles. The minimum atomic E-state index is -4.24. The summed E-state index contributed by atoms with van der Waals surface area (Å²) in [4.78, 5) is 12.5. The lowest BCUT2D eigenvalue weighted by Gasteiger charge is -2.35. The van der Waals surface area contributed by atoms with Crippen molar-refractivity contribution >= 4 is 46.4 Å². The maximum atomic E-state index is 12.6. The fraction of sp³-hybridized carbons (Fsp3) is 0.571. The molecular weight excluding hydrogens is 450 g/mol. The van der Waals surface area contributed by atoms with Crippen LogP contribution < -0.4 is 5.32 Å². The van der Waals surface area contributed by atoms with E-state index >= 15 is 0 Å². The van der Waals surface area contributed by atoms with Gasteiger partial charge in [-0.25, -0.2) is 0 Å². The first-order valence-electron chi connectivity index (χ1n) is 7.23. The molecule has 1 fully saturated rings. The van der Waals surface area contributed by atoms with E-state index in [0.29, 0.717) is 36.2 Å². The van der Waals surface area contributed by atoms with E-state index in [1.165, 1.54) is 12.1 Å². The van der Waals surface area contributed by atoms with Crippen LogP contribution in [0.2, 0.25) is 0 Å². The van der Waals surface area contributed by atoms with Gasteiger partial charge in [0.25, 0.3) is 5.69 Å². The number of nitrogens with zero attached hydrogens (tertiary/aromatic N) is 2. The van der Waals surface area contributed by atoms with Crippen LogP contribution in [0.5, 0.6) is 0 Å². The Morgan fingerprint density at radius 3 is 2.40 bits per heavy atom. The zero-order valence-electron chi connectivity index (χ0n) is 13.1. The molecule has 0 bridgehead atoms. The van der Waals surface area contributed by atoms with Gasteiger partial charge in [0.2, 0.25) is 0 Å². The summed E-state index contributed by atoms with van der Waals surface area (Å²) in [5.74, 6) is 0. The first-order valence-corrected chi connectivity index (χ1v) is 8.02. The molecule has 1 aromatic carbocycles. The maximum Gasteiger partial charge on any atom is 0.389 e. The number of alkyl halides is 3. The molecule has 0 aliphatic carbocycles. The van der Waals surface area contributed by atoms with Crippen molar-refractivity contribution in [1.29, 1.82) is 0 Å². The standard InChI is InChI=1S/C14H17BrF3N3O2.2ClH/c15-11-2-1-10(9-13(11)21(22)23)12(3-4-14(16,17)18)20-7-5-19-6-8-20;;/h1-2,9,12,19H,3-8H2;2*1H/t12-;;/m1../s1. The Balaban J connectivity index is 0.00000288. The van der Waals surface area contributed by atoms with Gasteiger partial charge in [-0.3, -0.25) is 15.0 Å². The van der Waals surface area contributed by atoms with E-state index in [-0.39, 0.29) is 36.9 Å². The summed E-state index contributed by atoms with van der Waals surface area (Å²) in [5.41, 5.74) is 0.417. The van der Waals surface area contributed by atoms with Gasteiger partial charge in [0.05, 0.1) is 9.40 Å². The molecule has 1 aliphatic rings. The topological polar surface area (TPSA) is 58.4 Å². The summed E-state index contributed by atoms with van der Waals surface area (Å²) < 4.78 is 38.2. The van der Waals surface area contributed by atoms with Crippen molar-refractivity contribution in [2.24, 2.45) is 0 Å². The second kappa shape index (κ2) is 10.5. The van der Waals surface area contributed by atoms with Crippen LogP contribution >= 0.6 is 40.7 Å². The number of nitro benzene ring substituents is 1. The first-order chi connectivity index (χ1) is 10.8. The summed E-state index contributed by atoms with van der Waals surface area (Å²) in [6.45, 7) is 2.63. The Morgan fingerprint density at radius 2 is 1.88 bits per heavy atom. The lowest BCUT2D eigenvalue weighted by Crippen LogP contribution is -2.45. The highest BCUT2D eigenvalue weighted by Crippen LogP contribution is 2.35. The van der Waals surface area contributed by atoms with Crippen molar-refractivity contribution in [3.63, 3.8) is 0 Å². The highest BCUT2D eigenvalue weighted by molar-refractivity contribution is 9.10. The fourth-order valence-corrected chi connectivity index (χ4v) is 3.12.